The van der Waals surface area contributed by atoms with Gasteiger partial charge in [-0.15, -0.1) is 10.2 Å². The van der Waals surface area contributed by atoms with Crippen molar-refractivity contribution >= 4 is 35.1 Å². The molecule has 3 aromatic heterocycles. The summed E-state index contributed by atoms with van der Waals surface area (Å²) < 4.78 is 8.53. The highest BCUT2D eigenvalue weighted by atomic mass is 16.5. The number of H-pyrrole nitrogens is 1. The summed E-state index contributed by atoms with van der Waals surface area (Å²) in [5.41, 5.74) is 10.0. The highest BCUT2D eigenvalue weighted by Crippen LogP contribution is 2.40. The van der Waals surface area contributed by atoms with Gasteiger partial charge in [0.25, 0.3) is 0 Å². The molecule has 76 heavy (non-hydrogen) atoms. The molecule has 3 aliphatic rings. The van der Waals surface area contributed by atoms with Crippen LogP contribution in [-0.4, -0.2) is 129 Å². The molecule has 0 bridgehead atoms. The third-order valence-electron chi connectivity index (χ3n) is 14.7. The van der Waals surface area contributed by atoms with Gasteiger partial charge >= 0.3 is 6.09 Å². The van der Waals surface area contributed by atoms with Crippen molar-refractivity contribution in [3.63, 3.8) is 0 Å². The number of hydrogen-bond acceptors (Lipinski definition) is 12. The van der Waals surface area contributed by atoms with Crippen LogP contribution in [0.4, 0.5) is 4.79 Å². The Morgan fingerprint density at radius 3 is 1.68 bits per heavy atom. The van der Waals surface area contributed by atoms with E-state index in [1.54, 1.807) is 15.8 Å². The van der Waals surface area contributed by atoms with Crippen LogP contribution in [0.1, 0.15) is 76.5 Å². The smallest absolute Gasteiger partial charge is 0.407 e. The molecule has 0 aliphatic carbocycles. The third-order valence-corrected chi connectivity index (χ3v) is 14.7. The van der Waals surface area contributed by atoms with Gasteiger partial charge in [-0.05, 0) is 52.5 Å². The monoisotopic (exact) mass is 1020 g/mol. The molecule has 6 atom stereocenters. The number of nitrogens with one attached hydrogen (secondary N) is 3. The Balaban J connectivity index is 0.828. The lowest BCUT2D eigenvalue weighted by Crippen LogP contribution is -2.53. The maximum absolute atomic E-state index is 14.4. The van der Waals surface area contributed by atoms with Gasteiger partial charge in [-0.25, -0.2) is 19.1 Å². The largest absolute Gasteiger partial charge is 0.453 e. The molecule has 19 heteroatoms. The Morgan fingerprint density at radius 2 is 1.16 bits per heavy atom. The van der Waals surface area contributed by atoms with Crippen molar-refractivity contribution in [2.24, 2.45) is 16.8 Å². The van der Waals surface area contributed by atoms with E-state index in [0.717, 1.165) is 61.7 Å². The van der Waals surface area contributed by atoms with Crippen LogP contribution >= 0.6 is 0 Å². The van der Waals surface area contributed by atoms with Crippen molar-refractivity contribution in [3.8, 4) is 44.9 Å². The minimum Gasteiger partial charge on any atom is -0.453 e. The number of rotatable bonds is 16. The molecule has 4 aromatic carbocycles. The second-order valence-corrected chi connectivity index (χ2v) is 20.3. The number of alkyl carbamates (subject to hydrolysis) is 1. The molecule has 1 unspecified atom stereocenters. The SMILES string of the molecule is COC(=O)N[C@H](C(=O)N1CC(n2cc(-c3ccccc3)nn2)C[C@H]1C1=NC=C(c2ccc(-c3ccc(-c4cnc([C@@H]5C[C@@H](n6cc(-c7ccccc7)nn6)CN5C(=O)[C@@H](NC(=O)CO)C(C)C)[nH]4)cc3)cc2)C1)C(C)C. The lowest BCUT2D eigenvalue weighted by molar-refractivity contribution is -0.139. The number of aliphatic hydroxyl groups is 1. The minimum atomic E-state index is -0.856. The average Bonchev–Trinajstić information content (AvgIpc) is 4.32. The molecule has 2 fully saturated rings. The lowest BCUT2D eigenvalue weighted by Gasteiger charge is -2.31. The van der Waals surface area contributed by atoms with Crippen LogP contribution in [0.15, 0.2) is 139 Å². The van der Waals surface area contributed by atoms with Crippen LogP contribution < -0.4 is 10.6 Å². The predicted octanol–water partition coefficient (Wildman–Crippen LogP) is 7.32. The van der Waals surface area contributed by atoms with E-state index in [9.17, 15) is 24.3 Å². The maximum Gasteiger partial charge on any atom is 0.407 e. The summed E-state index contributed by atoms with van der Waals surface area (Å²) in [6.45, 7) is 7.47. The van der Waals surface area contributed by atoms with E-state index in [1.807, 2.05) is 129 Å². The number of benzene rings is 4. The molecular weight excluding hydrogens is 963 g/mol. The van der Waals surface area contributed by atoms with Gasteiger partial charge in [0.2, 0.25) is 17.7 Å². The van der Waals surface area contributed by atoms with Crippen molar-refractivity contribution in [2.75, 3.05) is 26.8 Å². The number of hydrogen-bond donors (Lipinski definition) is 4. The Labute approximate surface area is 440 Å². The highest BCUT2D eigenvalue weighted by Gasteiger charge is 2.45. The third kappa shape index (κ3) is 10.7. The number of carbonyl (C=O) groups excluding carboxylic acids is 4. The number of nitrogens with zero attached hydrogens (tertiary/aromatic N) is 10. The van der Waals surface area contributed by atoms with E-state index in [4.69, 9.17) is 14.7 Å². The summed E-state index contributed by atoms with van der Waals surface area (Å²) in [6.07, 6.45) is 8.43. The Kier molecular flexibility index (Phi) is 14.8. The number of ether oxygens (including phenoxy) is 1. The number of methoxy groups -OCH3 is 1. The van der Waals surface area contributed by atoms with Crippen molar-refractivity contribution in [1.82, 2.24) is 60.4 Å². The lowest BCUT2D eigenvalue weighted by atomic mass is 9.95. The highest BCUT2D eigenvalue weighted by molar-refractivity contribution is 6.04. The molecule has 10 rings (SSSR count). The maximum atomic E-state index is 14.4. The summed E-state index contributed by atoms with van der Waals surface area (Å²) in [4.78, 5) is 70.3. The second-order valence-electron chi connectivity index (χ2n) is 20.3. The molecule has 7 aromatic rings. The van der Waals surface area contributed by atoms with Gasteiger partial charge in [0.15, 0.2) is 0 Å². The van der Waals surface area contributed by atoms with Gasteiger partial charge in [0.1, 0.15) is 35.9 Å². The van der Waals surface area contributed by atoms with Crippen molar-refractivity contribution in [1.29, 1.82) is 0 Å². The second kappa shape index (κ2) is 22.1. The van der Waals surface area contributed by atoms with Crippen molar-refractivity contribution in [3.05, 3.63) is 145 Å². The van der Waals surface area contributed by atoms with E-state index < -0.39 is 36.7 Å². The number of carbonyl (C=O) groups is 4. The molecular formula is C57H61N13O6. The van der Waals surface area contributed by atoms with Crippen LogP contribution in [0.5, 0.6) is 0 Å². The molecule has 390 valence electrons. The van der Waals surface area contributed by atoms with E-state index in [0.29, 0.717) is 38.2 Å². The standard InChI is InChI=1S/C57H61N13O6/c1-34(2)52(61-51(72)33-71)55(73)68-30-44(70-32-48(64-66-70)40-14-10-7-11-15-40)26-50(68)54-59-28-46(60-54)41-22-20-37(21-23-41)36-16-18-38(19-17-36)42-24-45(58-27-42)49-25-43(69-31-47(63-65-69)39-12-8-6-9-13-39)29-67(49)56(74)53(35(3)4)62-57(75)76-5/h6-23,27-28,31-32,34-35,43-44,49-50,52-53,71H,24-26,29-30,33H2,1-5H3,(H,59,60)(H,61,72)(H,62,75)/t43?,44-,49+,50+,52+,53+/m1/s1. The first-order chi connectivity index (χ1) is 36.8. The van der Waals surface area contributed by atoms with Crippen LogP contribution in [0.25, 0.3) is 50.5 Å². The average molecular weight is 1020 g/mol. The first-order valence-corrected chi connectivity index (χ1v) is 25.7. The first-order valence-electron chi connectivity index (χ1n) is 25.7. The van der Waals surface area contributed by atoms with E-state index in [1.165, 1.54) is 7.11 Å². The van der Waals surface area contributed by atoms with E-state index in [2.05, 4.69) is 72.6 Å². The fourth-order valence-electron chi connectivity index (χ4n) is 10.5. The molecule has 6 heterocycles. The predicted molar refractivity (Wildman–Crippen MR) is 286 cm³/mol. The summed E-state index contributed by atoms with van der Waals surface area (Å²) in [7, 11) is 1.29. The van der Waals surface area contributed by atoms with Crippen LogP contribution in [0, 0.1) is 11.8 Å². The zero-order chi connectivity index (χ0) is 53.0. The molecule has 0 saturated carbocycles. The molecule has 4 N–H and O–H groups in total. The summed E-state index contributed by atoms with van der Waals surface area (Å²) in [5.74, 6) is -0.932. The molecule has 19 nitrogen and oxygen atoms in total. The van der Waals surface area contributed by atoms with Crippen LogP contribution in [-0.2, 0) is 19.1 Å². The van der Waals surface area contributed by atoms with E-state index in [-0.39, 0.29) is 41.8 Å². The fraction of sp³-hybridized carbons (Fsp3) is 0.333. The molecule has 3 aliphatic heterocycles. The Bertz CT molecular complexity index is 3260. The zero-order valence-corrected chi connectivity index (χ0v) is 43.0. The van der Waals surface area contributed by atoms with Gasteiger partial charge in [-0.1, -0.05) is 147 Å². The number of aliphatic hydroxyl groups excluding tert-OH is 1. The number of amides is 4. The Hall–Kier alpha value is -8.58. The number of allylic oxidation sites excluding steroid dienone is 1. The summed E-state index contributed by atoms with van der Waals surface area (Å²) in [5, 5.41) is 32.9. The summed E-state index contributed by atoms with van der Waals surface area (Å²) in [6, 6.07) is 33.3. The van der Waals surface area contributed by atoms with Crippen LogP contribution in [0.3, 0.4) is 0 Å². The molecule has 4 amide bonds. The number of likely N-dealkylation sites (tertiary alicyclic amines) is 2. The Morgan fingerprint density at radius 1 is 0.658 bits per heavy atom. The molecule has 0 radical (unpaired) electrons. The quantitative estimate of drug-likeness (QED) is 0.0749. The number of aliphatic imine (C=N–C) groups is 1. The topological polar surface area (TPSA) is 231 Å². The molecule has 2 saturated heterocycles. The van der Waals surface area contributed by atoms with Gasteiger partial charge in [-0.3, -0.25) is 19.4 Å². The number of imidazole rings is 1. The normalized spacial score (nSPS) is 19.2. The van der Waals surface area contributed by atoms with Gasteiger partial charge in [0.05, 0.1) is 55.6 Å². The van der Waals surface area contributed by atoms with E-state index >= 15 is 0 Å². The summed E-state index contributed by atoms with van der Waals surface area (Å²) >= 11 is 0. The van der Waals surface area contributed by atoms with Crippen molar-refractivity contribution in [2.45, 2.75) is 83.2 Å². The molecule has 0 spiro atoms. The van der Waals surface area contributed by atoms with Crippen molar-refractivity contribution < 1.29 is 29.0 Å². The fourth-order valence-corrected chi connectivity index (χ4v) is 10.5. The number of aromatic amines is 1. The first kappa shape index (κ1) is 50.9. The van der Waals surface area contributed by atoms with Gasteiger partial charge in [-0.2, -0.15) is 0 Å². The zero-order valence-electron chi connectivity index (χ0n) is 43.0. The number of aromatic nitrogens is 8. The minimum absolute atomic E-state index is 0.169. The van der Waals surface area contributed by atoms with Gasteiger partial charge in [0, 0.05) is 42.5 Å². The van der Waals surface area contributed by atoms with Crippen LogP contribution in [0.2, 0.25) is 0 Å². The van der Waals surface area contributed by atoms with Gasteiger partial charge < -0.3 is 35.3 Å².